The van der Waals surface area contributed by atoms with Gasteiger partial charge in [0.1, 0.15) is 11.6 Å². The molecule has 0 spiro atoms. The summed E-state index contributed by atoms with van der Waals surface area (Å²) in [6, 6.07) is 11.7. The lowest BCUT2D eigenvalue weighted by atomic mass is 10.1. The van der Waals surface area contributed by atoms with E-state index in [9.17, 15) is 8.78 Å². The molecule has 0 aliphatic rings. The standard InChI is InChI=1S/C16H16BrF2NS/c1-2-20-14(11-6-5-7-12(17)16(11)19)10-21-15-9-4-3-8-13(15)18/h3-9,14,20H,2,10H2,1H3. The lowest BCUT2D eigenvalue weighted by Gasteiger charge is -2.19. The Morgan fingerprint density at radius 1 is 1.14 bits per heavy atom. The van der Waals surface area contributed by atoms with Crippen LogP contribution in [0.15, 0.2) is 51.8 Å². The van der Waals surface area contributed by atoms with Crippen LogP contribution in [0.3, 0.4) is 0 Å². The van der Waals surface area contributed by atoms with Gasteiger partial charge in [-0.15, -0.1) is 11.8 Å². The monoisotopic (exact) mass is 371 g/mol. The highest BCUT2D eigenvalue weighted by molar-refractivity contribution is 9.10. The Morgan fingerprint density at radius 3 is 2.62 bits per heavy atom. The molecule has 0 amide bonds. The molecule has 1 N–H and O–H groups in total. The fraction of sp³-hybridized carbons (Fsp3) is 0.250. The van der Waals surface area contributed by atoms with Crippen LogP contribution in [0.1, 0.15) is 18.5 Å². The van der Waals surface area contributed by atoms with Gasteiger partial charge in [-0.2, -0.15) is 0 Å². The van der Waals surface area contributed by atoms with E-state index in [0.29, 0.717) is 27.2 Å². The van der Waals surface area contributed by atoms with Gasteiger partial charge in [0.25, 0.3) is 0 Å². The van der Waals surface area contributed by atoms with E-state index in [0.717, 1.165) is 0 Å². The maximum absolute atomic E-state index is 14.2. The van der Waals surface area contributed by atoms with Crippen molar-refractivity contribution in [2.75, 3.05) is 12.3 Å². The van der Waals surface area contributed by atoms with Gasteiger partial charge in [-0.3, -0.25) is 0 Å². The van der Waals surface area contributed by atoms with Gasteiger partial charge in [0.2, 0.25) is 0 Å². The van der Waals surface area contributed by atoms with Gasteiger partial charge in [-0.1, -0.05) is 31.2 Å². The second-order valence-corrected chi connectivity index (χ2v) is 6.41. The van der Waals surface area contributed by atoms with Crippen molar-refractivity contribution in [1.29, 1.82) is 0 Å². The molecule has 0 fully saturated rings. The van der Waals surface area contributed by atoms with Crippen LogP contribution in [0, 0.1) is 11.6 Å². The maximum atomic E-state index is 14.2. The van der Waals surface area contributed by atoms with E-state index < -0.39 is 0 Å². The van der Waals surface area contributed by atoms with Crippen LogP contribution in [-0.2, 0) is 0 Å². The van der Waals surface area contributed by atoms with Crippen molar-refractivity contribution in [3.8, 4) is 0 Å². The first-order valence-corrected chi connectivity index (χ1v) is 8.46. The molecule has 0 bridgehead atoms. The Bertz CT molecular complexity index is 607. The van der Waals surface area contributed by atoms with E-state index in [1.807, 2.05) is 6.92 Å². The van der Waals surface area contributed by atoms with E-state index in [4.69, 9.17) is 0 Å². The topological polar surface area (TPSA) is 12.0 Å². The molecule has 0 heterocycles. The molecule has 5 heteroatoms. The van der Waals surface area contributed by atoms with E-state index in [-0.39, 0.29) is 17.7 Å². The van der Waals surface area contributed by atoms with Crippen LogP contribution in [0.5, 0.6) is 0 Å². The molecule has 112 valence electrons. The fourth-order valence-corrected chi connectivity index (χ4v) is 3.44. The van der Waals surface area contributed by atoms with Crippen molar-refractivity contribution in [3.63, 3.8) is 0 Å². The van der Waals surface area contributed by atoms with Crippen LogP contribution in [0.2, 0.25) is 0 Å². The Labute approximate surface area is 136 Å². The van der Waals surface area contributed by atoms with Crippen molar-refractivity contribution in [2.45, 2.75) is 17.9 Å². The Kier molecular flexibility index (Phi) is 6.21. The molecular weight excluding hydrogens is 356 g/mol. The van der Waals surface area contributed by atoms with Crippen LogP contribution in [-0.4, -0.2) is 12.3 Å². The van der Waals surface area contributed by atoms with Gasteiger partial charge in [0.15, 0.2) is 0 Å². The molecule has 0 radical (unpaired) electrons. The van der Waals surface area contributed by atoms with E-state index in [1.54, 1.807) is 36.4 Å². The van der Waals surface area contributed by atoms with Crippen molar-refractivity contribution in [1.82, 2.24) is 5.32 Å². The van der Waals surface area contributed by atoms with Crippen LogP contribution in [0.4, 0.5) is 8.78 Å². The number of thioether (sulfide) groups is 1. The summed E-state index contributed by atoms with van der Waals surface area (Å²) in [6.07, 6.45) is 0. The predicted octanol–water partition coefficient (Wildman–Crippen LogP) is 5.17. The Hall–Kier alpha value is -0.910. The van der Waals surface area contributed by atoms with Crippen molar-refractivity contribution < 1.29 is 8.78 Å². The smallest absolute Gasteiger partial charge is 0.142 e. The quantitative estimate of drug-likeness (QED) is 0.702. The second-order valence-electron chi connectivity index (χ2n) is 4.49. The average molecular weight is 372 g/mol. The first-order chi connectivity index (χ1) is 10.1. The van der Waals surface area contributed by atoms with Gasteiger partial charge >= 0.3 is 0 Å². The summed E-state index contributed by atoms with van der Waals surface area (Å²) >= 11 is 4.59. The number of halogens is 3. The predicted molar refractivity (Wildman–Crippen MR) is 87.6 cm³/mol. The minimum Gasteiger partial charge on any atom is -0.309 e. The molecule has 0 saturated heterocycles. The minimum atomic E-state index is -0.266. The summed E-state index contributed by atoms with van der Waals surface area (Å²) in [4.78, 5) is 0.579. The highest BCUT2D eigenvalue weighted by atomic mass is 79.9. The molecule has 0 saturated carbocycles. The van der Waals surface area contributed by atoms with Gasteiger partial charge < -0.3 is 5.32 Å². The first-order valence-electron chi connectivity index (χ1n) is 6.68. The third-order valence-electron chi connectivity index (χ3n) is 3.05. The van der Waals surface area contributed by atoms with Crippen LogP contribution >= 0.6 is 27.7 Å². The first kappa shape index (κ1) is 16.5. The minimum absolute atomic E-state index is 0.169. The average Bonchev–Trinajstić information content (AvgIpc) is 2.48. The molecule has 1 nitrogen and oxygen atoms in total. The molecule has 0 aromatic heterocycles. The molecule has 2 aromatic rings. The number of benzene rings is 2. The molecule has 2 aromatic carbocycles. The van der Waals surface area contributed by atoms with Crippen LogP contribution < -0.4 is 5.32 Å². The van der Waals surface area contributed by atoms with Crippen molar-refractivity contribution >= 4 is 27.7 Å². The zero-order valence-electron chi connectivity index (χ0n) is 11.6. The zero-order chi connectivity index (χ0) is 15.2. The van der Waals surface area contributed by atoms with Gasteiger partial charge in [-0.25, -0.2) is 8.78 Å². The highest BCUT2D eigenvalue weighted by Gasteiger charge is 2.17. The number of nitrogens with one attached hydrogen (secondary N) is 1. The van der Waals surface area contributed by atoms with Crippen molar-refractivity contribution in [2.24, 2.45) is 0 Å². The van der Waals surface area contributed by atoms with Gasteiger partial charge in [-0.05, 0) is 40.7 Å². The van der Waals surface area contributed by atoms with Crippen molar-refractivity contribution in [3.05, 3.63) is 64.1 Å². The Morgan fingerprint density at radius 2 is 1.90 bits per heavy atom. The normalized spacial score (nSPS) is 12.4. The number of hydrogen-bond donors (Lipinski definition) is 1. The summed E-state index contributed by atoms with van der Waals surface area (Å²) in [6.45, 7) is 2.69. The van der Waals surface area contributed by atoms with E-state index in [2.05, 4.69) is 21.2 Å². The highest BCUT2D eigenvalue weighted by Crippen LogP contribution is 2.30. The summed E-state index contributed by atoms with van der Waals surface area (Å²) in [5.74, 6) is 0.0485. The molecule has 0 aliphatic carbocycles. The third kappa shape index (κ3) is 4.28. The SMILES string of the molecule is CCNC(CSc1ccccc1F)c1cccc(Br)c1F. The molecule has 1 atom stereocenters. The maximum Gasteiger partial charge on any atom is 0.142 e. The summed E-state index contributed by atoms with van der Waals surface area (Å²) in [5, 5.41) is 3.25. The van der Waals surface area contributed by atoms with E-state index >= 15 is 0 Å². The lowest BCUT2D eigenvalue weighted by molar-refractivity contribution is 0.541. The fourth-order valence-electron chi connectivity index (χ4n) is 2.03. The number of rotatable bonds is 6. The lowest BCUT2D eigenvalue weighted by Crippen LogP contribution is -2.24. The summed E-state index contributed by atoms with van der Waals surface area (Å²) < 4.78 is 28.3. The summed E-state index contributed by atoms with van der Waals surface area (Å²) in [5.41, 5.74) is 0.593. The van der Waals surface area contributed by atoms with Gasteiger partial charge in [0, 0.05) is 22.3 Å². The Balaban J connectivity index is 2.16. The van der Waals surface area contributed by atoms with E-state index in [1.165, 1.54) is 17.8 Å². The molecular formula is C16H16BrF2NS. The molecule has 2 rings (SSSR count). The summed E-state index contributed by atoms with van der Waals surface area (Å²) in [7, 11) is 0. The van der Waals surface area contributed by atoms with Crippen LogP contribution in [0.25, 0.3) is 0 Å². The second kappa shape index (κ2) is 7.92. The zero-order valence-corrected chi connectivity index (χ0v) is 14.0. The molecule has 21 heavy (non-hydrogen) atoms. The molecule has 1 unspecified atom stereocenters. The number of hydrogen-bond acceptors (Lipinski definition) is 2. The van der Waals surface area contributed by atoms with Gasteiger partial charge in [0.05, 0.1) is 4.47 Å². The molecule has 0 aliphatic heterocycles. The largest absolute Gasteiger partial charge is 0.309 e. The third-order valence-corrected chi connectivity index (χ3v) is 4.80.